The lowest BCUT2D eigenvalue weighted by molar-refractivity contribution is 0.0375. The third kappa shape index (κ3) is 1.66. The first kappa shape index (κ1) is 13.3. The van der Waals surface area contributed by atoms with Gasteiger partial charge < -0.3 is 5.11 Å². The third-order valence-corrected chi connectivity index (χ3v) is 7.52. The molecule has 0 saturated heterocycles. The monoisotopic (exact) mass is 302 g/mol. The summed E-state index contributed by atoms with van der Waals surface area (Å²) >= 11 is 0. The van der Waals surface area contributed by atoms with Crippen LogP contribution in [0.1, 0.15) is 25.7 Å². The van der Waals surface area contributed by atoms with Gasteiger partial charge in [-0.2, -0.15) is 0 Å². The summed E-state index contributed by atoms with van der Waals surface area (Å²) < 4.78 is 26.2. The van der Waals surface area contributed by atoms with Crippen molar-refractivity contribution in [1.29, 1.82) is 0 Å². The molecule has 0 radical (unpaired) electrons. The predicted octanol–water partition coefficient (Wildman–Crippen LogP) is 2.63. The summed E-state index contributed by atoms with van der Waals surface area (Å²) in [5, 5.41) is 10.1. The van der Waals surface area contributed by atoms with Crippen LogP contribution in [0.5, 0.6) is 0 Å². The summed E-state index contributed by atoms with van der Waals surface area (Å²) in [4.78, 5) is 0.298. The van der Waals surface area contributed by atoms with Gasteiger partial charge >= 0.3 is 0 Å². The number of hydrogen-bond acceptors (Lipinski definition) is 3. The van der Waals surface area contributed by atoms with Gasteiger partial charge in [0.2, 0.25) is 0 Å². The van der Waals surface area contributed by atoms with Crippen LogP contribution in [0.25, 0.3) is 0 Å². The van der Waals surface area contributed by atoms with Gasteiger partial charge in [-0.15, -0.1) is 0 Å². The van der Waals surface area contributed by atoms with Gasteiger partial charge in [0.1, 0.15) is 10.9 Å². The second kappa shape index (κ2) is 4.08. The first-order valence-corrected chi connectivity index (χ1v) is 8.95. The fourth-order valence-electron chi connectivity index (χ4n) is 4.21. The average molecular weight is 302 g/mol. The fraction of sp³-hybridized carbons (Fsp3) is 0.412. The van der Waals surface area contributed by atoms with E-state index in [-0.39, 0.29) is 5.41 Å². The number of sulfone groups is 1. The van der Waals surface area contributed by atoms with E-state index in [9.17, 15) is 13.5 Å². The molecule has 0 amide bonds. The molecule has 0 aromatic heterocycles. The van der Waals surface area contributed by atoms with E-state index in [4.69, 9.17) is 0 Å². The molecule has 3 nitrogen and oxygen atoms in total. The fourth-order valence-corrected chi connectivity index (χ4v) is 6.42. The standard InChI is InChI=1S/C17H18O3S/c18-17-11-9-16(10-12-17)8-4-7-14(16)15(17)21(19,20)13-5-2-1-3-6-13/h1-3,5-7,9,11,15,18H,4,8,10,12H2/t15?,16-,17-/m0/s1. The summed E-state index contributed by atoms with van der Waals surface area (Å²) in [7, 11) is -3.58. The molecule has 4 aliphatic rings. The molecule has 110 valence electrons. The van der Waals surface area contributed by atoms with Crippen molar-refractivity contribution in [1.82, 2.24) is 0 Å². The van der Waals surface area contributed by atoms with Crippen molar-refractivity contribution >= 4 is 9.84 Å². The normalized spacial score (nSPS) is 37.4. The molecule has 3 atom stereocenters. The maximum Gasteiger partial charge on any atom is 0.188 e. The number of rotatable bonds is 2. The zero-order chi connectivity index (χ0) is 14.7. The highest BCUT2D eigenvalue weighted by Gasteiger charge is 2.59. The Morgan fingerprint density at radius 3 is 2.48 bits per heavy atom. The van der Waals surface area contributed by atoms with Crippen LogP contribution in [0.2, 0.25) is 0 Å². The maximum absolute atomic E-state index is 13.1. The molecule has 1 N–H and O–H groups in total. The molecule has 1 aromatic rings. The van der Waals surface area contributed by atoms with Crippen LogP contribution >= 0.6 is 0 Å². The highest BCUT2D eigenvalue weighted by molar-refractivity contribution is 7.92. The molecule has 1 fully saturated rings. The minimum Gasteiger partial charge on any atom is -0.384 e. The SMILES string of the molecule is O=S(=O)(c1ccccc1)C1C2=CCC[C@@]23C=C[C@]1(O)CC3. The van der Waals surface area contributed by atoms with Crippen molar-refractivity contribution < 1.29 is 13.5 Å². The predicted molar refractivity (Wildman–Crippen MR) is 80.5 cm³/mol. The highest BCUT2D eigenvalue weighted by atomic mass is 32.2. The van der Waals surface area contributed by atoms with Gasteiger partial charge in [0.15, 0.2) is 9.84 Å². The zero-order valence-corrected chi connectivity index (χ0v) is 12.5. The van der Waals surface area contributed by atoms with Gasteiger partial charge in [-0.3, -0.25) is 0 Å². The number of hydrogen-bond donors (Lipinski definition) is 1. The van der Waals surface area contributed by atoms with Crippen molar-refractivity contribution in [3.8, 4) is 0 Å². The van der Waals surface area contributed by atoms with Gasteiger partial charge in [-0.1, -0.05) is 36.4 Å². The van der Waals surface area contributed by atoms with Crippen molar-refractivity contribution in [2.45, 2.75) is 41.4 Å². The van der Waals surface area contributed by atoms with E-state index in [1.165, 1.54) is 0 Å². The van der Waals surface area contributed by atoms with Crippen molar-refractivity contribution in [2.24, 2.45) is 5.41 Å². The van der Waals surface area contributed by atoms with Crippen molar-refractivity contribution in [2.75, 3.05) is 0 Å². The summed E-state index contributed by atoms with van der Waals surface area (Å²) in [5.41, 5.74) is -0.466. The Morgan fingerprint density at radius 1 is 1.05 bits per heavy atom. The van der Waals surface area contributed by atoms with Crippen LogP contribution in [0.4, 0.5) is 0 Å². The minimum atomic E-state index is -3.58. The molecule has 1 spiro atoms. The Bertz CT molecular complexity index is 747. The number of aliphatic hydroxyl groups is 1. The van der Waals surface area contributed by atoms with Gasteiger partial charge in [0, 0.05) is 5.41 Å². The molecule has 0 heterocycles. The van der Waals surface area contributed by atoms with Crippen molar-refractivity contribution in [3.63, 3.8) is 0 Å². The van der Waals surface area contributed by atoms with E-state index in [2.05, 4.69) is 0 Å². The lowest BCUT2D eigenvalue weighted by Gasteiger charge is -2.51. The Labute approximate surface area is 124 Å². The van der Waals surface area contributed by atoms with Gasteiger partial charge in [-0.25, -0.2) is 8.42 Å². The molecule has 0 aliphatic heterocycles. The summed E-state index contributed by atoms with van der Waals surface area (Å²) in [6.07, 6.45) is 9.08. The average Bonchev–Trinajstić information content (AvgIpc) is 2.90. The summed E-state index contributed by atoms with van der Waals surface area (Å²) in [6.45, 7) is 0. The first-order valence-electron chi connectivity index (χ1n) is 7.40. The van der Waals surface area contributed by atoms with E-state index < -0.39 is 20.7 Å². The van der Waals surface area contributed by atoms with Crippen LogP contribution in [0.15, 0.2) is 59.0 Å². The molecule has 1 saturated carbocycles. The van der Waals surface area contributed by atoms with Crippen LogP contribution in [-0.2, 0) is 9.84 Å². The van der Waals surface area contributed by atoms with Crippen LogP contribution < -0.4 is 0 Å². The third-order valence-electron chi connectivity index (χ3n) is 5.31. The number of allylic oxidation sites excluding steroid dienone is 2. The van der Waals surface area contributed by atoms with Crippen molar-refractivity contribution in [3.05, 3.63) is 54.1 Å². The van der Waals surface area contributed by atoms with E-state index in [1.54, 1.807) is 36.4 Å². The van der Waals surface area contributed by atoms with E-state index in [0.29, 0.717) is 11.3 Å². The summed E-state index contributed by atoms with van der Waals surface area (Å²) in [5.74, 6) is 0. The molecule has 1 unspecified atom stereocenters. The second-order valence-corrected chi connectivity index (χ2v) is 8.45. The molecule has 2 bridgehead atoms. The molecule has 21 heavy (non-hydrogen) atoms. The molecule has 5 rings (SSSR count). The smallest absolute Gasteiger partial charge is 0.188 e. The van der Waals surface area contributed by atoms with E-state index in [1.807, 2.05) is 12.2 Å². The molecule has 4 heteroatoms. The maximum atomic E-state index is 13.1. The second-order valence-electron chi connectivity index (χ2n) is 6.42. The van der Waals surface area contributed by atoms with E-state index in [0.717, 1.165) is 24.8 Å². The first-order chi connectivity index (χ1) is 9.98. The van der Waals surface area contributed by atoms with Gasteiger partial charge in [-0.05, 0) is 43.4 Å². The Hall–Kier alpha value is -1.39. The van der Waals surface area contributed by atoms with Crippen LogP contribution in [0, 0.1) is 5.41 Å². The lowest BCUT2D eigenvalue weighted by Crippen LogP contribution is -2.56. The van der Waals surface area contributed by atoms with E-state index >= 15 is 0 Å². The summed E-state index contributed by atoms with van der Waals surface area (Å²) in [6, 6.07) is 8.50. The Morgan fingerprint density at radius 2 is 1.81 bits per heavy atom. The number of benzene rings is 1. The lowest BCUT2D eigenvalue weighted by atomic mass is 9.61. The molecular weight excluding hydrogens is 284 g/mol. The minimum absolute atomic E-state index is 0.128. The van der Waals surface area contributed by atoms with Gasteiger partial charge in [0.05, 0.1) is 4.90 Å². The topological polar surface area (TPSA) is 54.4 Å². The zero-order valence-electron chi connectivity index (χ0n) is 11.7. The molecule has 4 aliphatic carbocycles. The number of fused-ring (bicyclic) bond motifs is 1. The quantitative estimate of drug-likeness (QED) is 0.855. The highest BCUT2D eigenvalue weighted by Crippen LogP contribution is 2.59. The largest absolute Gasteiger partial charge is 0.384 e. The molecular formula is C17H18O3S. The molecule has 1 aromatic carbocycles. The van der Waals surface area contributed by atoms with Gasteiger partial charge in [0.25, 0.3) is 0 Å². The van der Waals surface area contributed by atoms with Crippen LogP contribution in [0.3, 0.4) is 0 Å². The van der Waals surface area contributed by atoms with Crippen LogP contribution in [-0.4, -0.2) is 24.4 Å². The Balaban J connectivity index is 1.91. The Kier molecular flexibility index (Phi) is 2.58.